The van der Waals surface area contributed by atoms with Crippen LogP contribution in [0.25, 0.3) is 0 Å². The van der Waals surface area contributed by atoms with Gasteiger partial charge in [0.05, 0.1) is 0 Å². The van der Waals surface area contributed by atoms with Gasteiger partial charge in [-0.2, -0.15) is 0 Å². The lowest BCUT2D eigenvalue weighted by molar-refractivity contribution is 0.332. The topological polar surface area (TPSA) is 12.0 Å². The largest absolute Gasteiger partial charge is 0.385 e. The summed E-state index contributed by atoms with van der Waals surface area (Å²) in [7, 11) is 0. The molecule has 1 N–H and O–H groups in total. The van der Waals surface area contributed by atoms with Gasteiger partial charge in [-0.3, -0.25) is 0 Å². The maximum Gasteiger partial charge on any atom is 0.0375 e. The van der Waals surface area contributed by atoms with E-state index < -0.39 is 0 Å². The second-order valence-electron chi connectivity index (χ2n) is 5.52. The van der Waals surface area contributed by atoms with Crippen LogP contribution in [0.5, 0.6) is 0 Å². The van der Waals surface area contributed by atoms with E-state index in [1.165, 1.54) is 37.9 Å². The quantitative estimate of drug-likeness (QED) is 0.689. The van der Waals surface area contributed by atoms with Gasteiger partial charge in [-0.05, 0) is 35.8 Å². The highest BCUT2D eigenvalue weighted by molar-refractivity contribution is 5.55. The van der Waals surface area contributed by atoms with E-state index in [1.54, 1.807) is 5.56 Å². The first-order chi connectivity index (χ1) is 7.86. The van der Waals surface area contributed by atoms with Gasteiger partial charge in [0, 0.05) is 12.2 Å². The summed E-state index contributed by atoms with van der Waals surface area (Å²) in [6.07, 6.45) is 5.68. The molecule has 1 aromatic rings. The summed E-state index contributed by atoms with van der Waals surface area (Å²) in [6.45, 7) is 3.64. The standard InChI is InChI=1S/C15H21N/c1-11-6-2-3-7-12-10-16-14-9-5-4-8-13(14)15(11)12/h4-5,8-9,11-12,15-16H,2-3,6-7,10H2,1H3/t11?,12?,15-/m0/s1. The number of hydrogen-bond acceptors (Lipinski definition) is 1. The molecule has 3 rings (SSSR count). The third kappa shape index (κ3) is 1.63. The minimum Gasteiger partial charge on any atom is -0.385 e. The highest BCUT2D eigenvalue weighted by Crippen LogP contribution is 2.45. The van der Waals surface area contributed by atoms with E-state index >= 15 is 0 Å². The molecule has 16 heavy (non-hydrogen) atoms. The molecule has 2 aliphatic rings. The van der Waals surface area contributed by atoms with Crippen LogP contribution in [0.4, 0.5) is 5.69 Å². The van der Waals surface area contributed by atoms with Crippen LogP contribution in [0.3, 0.4) is 0 Å². The van der Waals surface area contributed by atoms with E-state index in [9.17, 15) is 0 Å². The zero-order valence-electron chi connectivity index (χ0n) is 10.1. The minimum absolute atomic E-state index is 0.806. The highest BCUT2D eigenvalue weighted by Gasteiger charge is 2.34. The minimum atomic E-state index is 0.806. The van der Waals surface area contributed by atoms with Crippen molar-refractivity contribution in [3.05, 3.63) is 29.8 Å². The Bertz CT molecular complexity index is 371. The average Bonchev–Trinajstić information content (AvgIpc) is 2.51. The first-order valence-electron chi connectivity index (χ1n) is 6.69. The molecule has 1 heterocycles. The van der Waals surface area contributed by atoms with Gasteiger partial charge in [0.25, 0.3) is 0 Å². The Kier molecular flexibility index (Phi) is 2.62. The molecule has 1 aliphatic heterocycles. The van der Waals surface area contributed by atoms with E-state index in [1.807, 2.05) is 0 Å². The van der Waals surface area contributed by atoms with Crippen LogP contribution in [-0.2, 0) is 0 Å². The Labute approximate surface area is 98.3 Å². The molecule has 1 aromatic carbocycles. The predicted octanol–water partition coefficient (Wildman–Crippen LogP) is 4.02. The predicted molar refractivity (Wildman–Crippen MR) is 68.8 cm³/mol. The van der Waals surface area contributed by atoms with Crippen LogP contribution in [0, 0.1) is 11.8 Å². The van der Waals surface area contributed by atoms with Crippen LogP contribution >= 0.6 is 0 Å². The Hall–Kier alpha value is -0.980. The molecule has 1 aliphatic carbocycles. The average molecular weight is 215 g/mol. The first-order valence-corrected chi connectivity index (χ1v) is 6.69. The second kappa shape index (κ2) is 4.12. The first kappa shape index (κ1) is 10.2. The van der Waals surface area contributed by atoms with Gasteiger partial charge in [-0.25, -0.2) is 0 Å². The van der Waals surface area contributed by atoms with E-state index in [-0.39, 0.29) is 0 Å². The van der Waals surface area contributed by atoms with Crippen molar-refractivity contribution < 1.29 is 0 Å². The van der Waals surface area contributed by atoms with Gasteiger partial charge in [-0.15, -0.1) is 0 Å². The monoisotopic (exact) mass is 215 g/mol. The zero-order chi connectivity index (χ0) is 11.0. The summed E-state index contributed by atoms with van der Waals surface area (Å²) in [4.78, 5) is 0. The van der Waals surface area contributed by atoms with Gasteiger partial charge in [0.2, 0.25) is 0 Å². The fraction of sp³-hybridized carbons (Fsp3) is 0.600. The molecule has 1 nitrogen and oxygen atoms in total. The fourth-order valence-electron chi connectivity index (χ4n) is 3.68. The molecule has 2 unspecified atom stereocenters. The molecule has 0 radical (unpaired) electrons. The van der Waals surface area contributed by atoms with E-state index in [0.717, 1.165) is 17.8 Å². The van der Waals surface area contributed by atoms with Crippen LogP contribution in [0.15, 0.2) is 24.3 Å². The number of para-hydroxylation sites is 1. The Morgan fingerprint density at radius 2 is 1.94 bits per heavy atom. The molecular formula is C15H21N. The fourth-order valence-corrected chi connectivity index (χ4v) is 3.68. The molecule has 86 valence electrons. The zero-order valence-corrected chi connectivity index (χ0v) is 10.1. The van der Waals surface area contributed by atoms with Crippen molar-refractivity contribution in [1.82, 2.24) is 0 Å². The summed E-state index contributed by atoms with van der Waals surface area (Å²) in [5, 5.41) is 3.61. The number of benzene rings is 1. The number of rotatable bonds is 0. The van der Waals surface area contributed by atoms with Gasteiger partial charge >= 0.3 is 0 Å². The maximum absolute atomic E-state index is 3.61. The molecule has 0 amide bonds. The number of anilines is 1. The van der Waals surface area contributed by atoms with Crippen LogP contribution in [0.2, 0.25) is 0 Å². The van der Waals surface area contributed by atoms with Crippen molar-refractivity contribution in [2.75, 3.05) is 11.9 Å². The van der Waals surface area contributed by atoms with Crippen molar-refractivity contribution in [2.24, 2.45) is 11.8 Å². The number of nitrogens with one attached hydrogen (secondary N) is 1. The third-order valence-electron chi connectivity index (χ3n) is 4.48. The maximum atomic E-state index is 3.61. The molecular weight excluding hydrogens is 194 g/mol. The van der Waals surface area contributed by atoms with E-state index in [4.69, 9.17) is 0 Å². The SMILES string of the molecule is CC1CCCCC2CNc3ccccc3[C@@H]12. The number of fused-ring (bicyclic) bond motifs is 3. The highest BCUT2D eigenvalue weighted by atomic mass is 14.9. The molecule has 0 saturated heterocycles. The van der Waals surface area contributed by atoms with E-state index in [2.05, 4.69) is 36.5 Å². The lowest BCUT2D eigenvalue weighted by Gasteiger charge is -2.36. The molecule has 3 atom stereocenters. The Morgan fingerprint density at radius 3 is 2.88 bits per heavy atom. The van der Waals surface area contributed by atoms with Crippen molar-refractivity contribution in [1.29, 1.82) is 0 Å². The smallest absolute Gasteiger partial charge is 0.0375 e. The van der Waals surface area contributed by atoms with Crippen molar-refractivity contribution in [3.8, 4) is 0 Å². The van der Waals surface area contributed by atoms with Crippen LogP contribution in [-0.4, -0.2) is 6.54 Å². The van der Waals surface area contributed by atoms with Crippen molar-refractivity contribution in [2.45, 2.75) is 38.5 Å². The lowest BCUT2D eigenvalue weighted by atomic mass is 9.74. The van der Waals surface area contributed by atoms with Crippen molar-refractivity contribution >= 4 is 5.69 Å². The number of hydrogen-bond donors (Lipinski definition) is 1. The lowest BCUT2D eigenvalue weighted by Crippen LogP contribution is -2.30. The van der Waals surface area contributed by atoms with Crippen molar-refractivity contribution in [3.63, 3.8) is 0 Å². The molecule has 0 aromatic heterocycles. The van der Waals surface area contributed by atoms with Gasteiger partial charge in [0.15, 0.2) is 0 Å². The normalized spacial score (nSPS) is 33.2. The molecule has 0 bridgehead atoms. The summed E-state index contributed by atoms with van der Waals surface area (Å²) in [5.74, 6) is 2.53. The van der Waals surface area contributed by atoms with Crippen LogP contribution in [0.1, 0.15) is 44.1 Å². The van der Waals surface area contributed by atoms with Crippen LogP contribution < -0.4 is 5.32 Å². The Balaban J connectivity index is 2.00. The summed E-state index contributed by atoms with van der Waals surface area (Å²) in [5.41, 5.74) is 2.96. The van der Waals surface area contributed by atoms with Gasteiger partial charge in [-0.1, -0.05) is 44.4 Å². The van der Waals surface area contributed by atoms with Gasteiger partial charge < -0.3 is 5.32 Å². The molecule has 1 heteroatoms. The molecule has 1 fully saturated rings. The molecule has 1 saturated carbocycles. The Morgan fingerprint density at radius 1 is 1.12 bits per heavy atom. The molecule has 0 spiro atoms. The summed E-state index contributed by atoms with van der Waals surface area (Å²) >= 11 is 0. The third-order valence-corrected chi connectivity index (χ3v) is 4.48. The second-order valence-corrected chi connectivity index (χ2v) is 5.52. The van der Waals surface area contributed by atoms with E-state index in [0.29, 0.717) is 0 Å². The van der Waals surface area contributed by atoms with Gasteiger partial charge in [0.1, 0.15) is 0 Å². The summed E-state index contributed by atoms with van der Waals surface area (Å²) < 4.78 is 0. The summed E-state index contributed by atoms with van der Waals surface area (Å²) in [6, 6.07) is 8.91.